The molecule has 29 heavy (non-hydrogen) atoms. The van der Waals surface area contributed by atoms with Crippen LogP contribution in [0.25, 0.3) is 10.9 Å². The van der Waals surface area contributed by atoms with Crippen LogP contribution in [0.3, 0.4) is 0 Å². The summed E-state index contributed by atoms with van der Waals surface area (Å²) in [5.41, 5.74) is 2.06. The quantitative estimate of drug-likeness (QED) is 0.711. The van der Waals surface area contributed by atoms with Gasteiger partial charge in [0.25, 0.3) is 11.3 Å². The number of hydrogen-bond donors (Lipinski definition) is 2. The Morgan fingerprint density at radius 2 is 2.07 bits per heavy atom. The number of nitrogens with zero attached hydrogens (tertiary/aromatic N) is 3. The van der Waals surface area contributed by atoms with Crippen LogP contribution in [0.15, 0.2) is 41.5 Å². The van der Waals surface area contributed by atoms with Crippen molar-refractivity contribution < 1.29 is 9.90 Å². The fourth-order valence-corrected chi connectivity index (χ4v) is 4.44. The first-order valence-electron chi connectivity index (χ1n) is 9.82. The van der Waals surface area contributed by atoms with E-state index in [1.54, 1.807) is 6.20 Å². The van der Waals surface area contributed by atoms with Gasteiger partial charge in [0.1, 0.15) is 0 Å². The predicted molar refractivity (Wildman–Crippen MR) is 110 cm³/mol. The number of aryl methyl sites for hydroxylation is 1. The molecule has 4 rings (SSSR count). The Kier molecular flexibility index (Phi) is 4.82. The third-order valence-corrected chi connectivity index (χ3v) is 5.95. The molecule has 0 spiro atoms. The van der Waals surface area contributed by atoms with E-state index in [1.165, 1.54) is 29.1 Å². The summed E-state index contributed by atoms with van der Waals surface area (Å²) < 4.78 is 1.53. The first-order valence-corrected chi connectivity index (χ1v) is 9.82. The van der Waals surface area contributed by atoms with Gasteiger partial charge in [0.15, 0.2) is 11.4 Å². The summed E-state index contributed by atoms with van der Waals surface area (Å²) in [4.78, 5) is 28.6. The predicted octanol–water partition coefficient (Wildman–Crippen LogP) is 2.68. The highest BCUT2D eigenvalue weighted by atomic mass is 16.3. The molecule has 7 heteroatoms. The number of hydrogen-bond acceptors (Lipinski definition) is 5. The van der Waals surface area contributed by atoms with Gasteiger partial charge >= 0.3 is 0 Å². The van der Waals surface area contributed by atoms with Gasteiger partial charge < -0.3 is 10.4 Å². The number of rotatable bonds is 4. The lowest BCUT2D eigenvalue weighted by atomic mass is 9.77. The highest BCUT2D eigenvalue weighted by Crippen LogP contribution is 2.43. The minimum Gasteiger partial charge on any atom is -0.503 e. The molecule has 1 amide bonds. The fraction of sp³-hybridized carbons (Fsp3) is 0.364. The number of carbonyl (C=O) groups is 1. The average molecular weight is 392 g/mol. The molecule has 1 aliphatic carbocycles. The number of benzene rings is 1. The molecule has 7 nitrogen and oxygen atoms in total. The second-order valence-corrected chi connectivity index (χ2v) is 7.82. The zero-order valence-electron chi connectivity index (χ0n) is 16.6. The van der Waals surface area contributed by atoms with E-state index in [0.717, 1.165) is 36.6 Å². The summed E-state index contributed by atoms with van der Waals surface area (Å²) in [5, 5.41) is 17.8. The van der Waals surface area contributed by atoms with Crippen molar-refractivity contribution >= 4 is 16.8 Å². The second kappa shape index (κ2) is 7.31. The second-order valence-electron chi connectivity index (χ2n) is 7.82. The van der Waals surface area contributed by atoms with Crippen LogP contribution < -0.4 is 10.7 Å². The molecule has 0 radical (unpaired) electrons. The van der Waals surface area contributed by atoms with E-state index in [0.29, 0.717) is 6.54 Å². The molecular formula is C22H24N4O3. The third-order valence-electron chi connectivity index (χ3n) is 5.95. The summed E-state index contributed by atoms with van der Waals surface area (Å²) in [6.45, 7) is 2.56. The van der Waals surface area contributed by atoms with E-state index < -0.39 is 17.1 Å². The highest BCUT2D eigenvalue weighted by Gasteiger charge is 2.37. The molecular weight excluding hydrogens is 368 g/mol. The Hall–Kier alpha value is -3.22. The molecule has 2 heterocycles. The van der Waals surface area contributed by atoms with Crippen LogP contribution in [-0.4, -0.2) is 32.8 Å². The maximum Gasteiger partial charge on any atom is 0.275 e. The van der Waals surface area contributed by atoms with Gasteiger partial charge in [-0.15, -0.1) is 0 Å². The summed E-state index contributed by atoms with van der Waals surface area (Å²) >= 11 is 0. The molecule has 1 saturated carbocycles. The van der Waals surface area contributed by atoms with E-state index in [9.17, 15) is 14.7 Å². The summed E-state index contributed by atoms with van der Waals surface area (Å²) in [6, 6.07) is 8.35. The number of pyridine rings is 1. The average Bonchev–Trinajstić information content (AvgIpc) is 3.19. The SMILES string of the molecule is CNC(=O)c1nn(CC2(c3cc(C)c4cccnc4c3)CCCC2)cc(O)c1=O. The maximum atomic E-state index is 12.1. The van der Waals surface area contributed by atoms with Crippen molar-refractivity contribution in [2.75, 3.05) is 7.05 Å². The van der Waals surface area contributed by atoms with Gasteiger partial charge in [0, 0.05) is 24.0 Å². The van der Waals surface area contributed by atoms with Gasteiger partial charge in [-0.25, -0.2) is 0 Å². The molecule has 0 saturated heterocycles. The van der Waals surface area contributed by atoms with Crippen molar-refractivity contribution in [3.8, 4) is 5.75 Å². The standard InChI is InChI=1S/C22H24N4O3/c1-14-10-15(11-17-16(14)6-5-9-24-17)22(7-3-4-8-22)13-26-12-18(27)20(28)19(25-26)21(29)23-2/h5-6,9-12,27H,3-4,7-8,13H2,1-2H3,(H,23,29). The van der Waals surface area contributed by atoms with Crippen molar-refractivity contribution in [1.82, 2.24) is 20.1 Å². The molecule has 0 bridgehead atoms. The third kappa shape index (κ3) is 3.37. The molecule has 1 aromatic carbocycles. The lowest BCUT2D eigenvalue weighted by Gasteiger charge is -2.31. The Morgan fingerprint density at radius 3 is 2.79 bits per heavy atom. The highest BCUT2D eigenvalue weighted by molar-refractivity contribution is 5.92. The number of amides is 1. The zero-order valence-corrected chi connectivity index (χ0v) is 16.6. The summed E-state index contributed by atoms with van der Waals surface area (Å²) in [6.07, 6.45) is 7.23. The van der Waals surface area contributed by atoms with Crippen LogP contribution >= 0.6 is 0 Å². The first-order chi connectivity index (χ1) is 13.9. The normalized spacial score (nSPS) is 15.5. The molecule has 3 aromatic rings. The van der Waals surface area contributed by atoms with Crippen molar-refractivity contribution in [3.05, 3.63) is 63.7 Å². The summed E-state index contributed by atoms with van der Waals surface area (Å²) in [7, 11) is 1.43. The molecule has 0 aliphatic heterocycles. The van der Waals surface area contributed by atoms with Crippen LogP contribution in [0, 0.1) is 6.92 Å². The first kappa shape index (κ1) is 19.1. The number of fused-ring (bicyclic) bond motifs is 1. The van der Waals surface area contributed by atoms with Gasteiger partial charge in [0.2, 0.25) is 0 Å². The van der Waals surface area contributed by atoms with Crippen molar-refractivity contribution in [3.63, 3.8) is 0 Å². The van der Waals surface area contributed by atoms with Crippen molar-refractivity contribution in [1.29, 1.82) is 0 Å². The number of carbonyl (C=O) groups excluding carboxylic acids is 1. The molecule has 1 fully saturated rings. The topological polar surface area (TPSA) is 97.1 Å². The Morgan fingerprint density at radius 1 is 1.31 bits per heavy atom. The molecule has 1 aliphatic rings. The Labute approximate surface area is 168 Å². The number of nitrogens with one attached hydrogen (secondary N) is 1. The lowest BCUT2D eigenvalue weighted by Crippen LogP contribution is -2.33. The van der Waals surface area contributed by atoms with E-state index >= 15 is 0 Å². The van der Waals surface area contributed by atoms with Crippen LogP contribution in [-0.2, 0) is 12.0 Å². The number of aromatic nitrogens is 3. The number of aromatic hydroxyl groups is 1. The van der Waals surface area contributed by atoms with E-state index in [4.69, 9.17) is 0 Å². The minimum absolute atomic E-state index is 0.190. The van der Waals surface area contributed by atoms with Crippen molar-refractivity contribution in [2.24, 2.45) is 0 Å². The largest absolute Gasteiger partial charge is 0.503 e. The zero-order chi connectivity index (χ0) is 20.6. The van der Waals surface area contributed by atoms with Crippen LogP contribution in [0.2, 0.25) is 0 Å². The van der Waals surface area contributed by atoms with Gasteiger partial charge in [-0.05, 0) is 43.0 Å². The lowest BCUT2D eigenvalue weighted by molar-refractivity contribution is 0.0953. The van der Waals surface area contributed by atoms with Crippen LogP contribution in [0.1, 0.15) is 47.3 Å². The monoisotopic (exact) mass is 392 g/mol. The summed E-state index contributed by atoms with van der Waals surface area (Å²) in [5.74, 6) is -1.08. The molecule has 2 N–H and O–H groups in total. The molecule has 2 aromatic heterocycles. The Bertz CT molecular complexity index is 1150. The smallest absolute Gasteiger partial charge is 0.275 e. The molecule has 0 atom stereocenters. The van der Waals surface area contributed by atoms with Gasteiger partial charge in [-0.2, -0.15) is 5.10 Å². The Balaban J connectivity index is 1.81. The molecule has 150 valence electrons. The van der Waals surface area contributed by atoms with E-state index in [2.05, 4.69) is 40.5 Å². The van der Waals surface area contributed by atoms with Crippen LogP contribution in [0.5, 0.6) is 5.75 Å². The minimum atomic E-state index is -0.758. The van der Waals surface area contributed by atoms with Crippen LogP contribution in [0.4, 0.5) is 0 Å². The van der Waals surface area contributed by atoms with E-state index in [-0.39, 0.29) is 11.1 Å². The fourth-order valence-electron chi connectivity index (χ4n) is 4.44. The van der Waals surface area contributed by atoms with Gasteiger partial charge in [0.05, 0.1) is 18.3 Å². The van der Waals surface area contributed by atoms with Gasteiger partial charge in [-0.3, -0.25) is 19.3 Å². The molecule has 0 unspecified atom stereocenters. The van der Waals surface area contributed by atoms with Crippen molar-refractivity contribution in [2.45, 2.75) is 44.6 Å². The van der Waals surface area contributed by atoms with E-state index in [1.807, 2.05) is 6.07 Å². The van der Waals surface area contributed by atoms with Gasteiger partial charge in [-0.1, -0.05) is 25.0 Å². The maximum absolute atomic E-state index is 12.1.